The zero-order valence-electron chi connectivity index (χ0n) is 18.8. The van der Waals surface area contributed by atoms with Crippen LogP contribution in [0.3, 0.4) is 0 Å². The Kier molecular flexibility index (Phi) is 7.45. The third-order valence-electron chi connectivity index (χ3n) is 6.46. The Bertz CT molecular complexity index is 903. The molecule has 0 aliphatic carbocycles. The van der Waals surface area contributed by atoms with Gasteiger partial charge in [0.1, 0.15) is 6.07 Å². The van der Waals surface area contributed by atoms with E-state index in [0.29, 0.717) is 30.6 Å². The average molecular weight is 441 g/mol. The molecule has 32 heavy (non-hydrogen) atoms. The first kappa shape index (κ1) is 22.4. The second-order valence-electron chi connectivity index (χ2n) is 8.44. The van der Waals surface area contributed by atoms with E-state index in [4.69, 9.17) is 8.83 Å². The minimum atomic E-state index is -0.00245. The van der Waals surface area contributed by atoms with E-state index in [9.17, 15) is 10.1 Å². The predicted molar refractivity (Wildman–Crippen MR) is 120 cm³/mol. The molecule has 1 N–H and O–H groups in total. The number of hydrogen-bond donors (Lipinski definition) is 1. The highest BCUT2D eigenvalue weighted by atomic mass is 16.4. The molecule has 2 saturated heterocycles. The summed E-state index contributed by atoms with van der Waals surface area (Å²) in [6, 6.07) is 5.60. The minimum absolute atomic E-state index is 0.00245. The van der Waals surface area contributed by atoms with Crippen molar-refractivity contribution in [2.45, 2.75) is 26.2 Å². The number of carbonyl (C=O) groups is 1. The topological polar surface area (TPSA) is 102 Å². The maximum absolute atomic E-state index is 12.6. The van der Waals surface area contributed by atoms with Crippen LogP contribution in [-0.2, 0) is 4.79 Å². The molecule has 172 valence electrons. The molecule has 2 aromatic rings. The molecule has 2 aromatic heterocycles. The molecular formula is C23H32N6O3. The van der Waals surface area contributed by atoms with Crippen molar-refractivity contribution in [3.05, 3.63) is 24.1 Å². The number of amides is 1. The molecule has 2 fully saturated rings. The van der Waals surface area contributed by atoms with Crippen LogP contribution in [0.1, 0.15) is 31.9 Å². The fourth-order valence-electron chi connectivity index (χ4n) is 4.44. The van der Waals surface area contributed by atoms with Crippen LogP contribution in [0.4, 0.5) is 5.88 Å². The van der Waals surface area contributed by atoms with Gasteiger partial charge in [-0.2, -0.15) is 10.2 Å². The van der Waals surface area contributed by atoms with E-state index >= 15 is 0 Å². The zero-order chi connectivity index (χ0) is 22.3. The summed E-state index contributed by atoms with van der Waals surface area (Å²) in [6.07, 6.45) is 3.98. The van der Waals surface area contributed by atoms with Crippen LogP contribution in [0.2, 0.25) is 0 Å². The normalized spacial score (nSPS) is 18.6. The first-order valence-electron chi connectivity index (χ1n) is 11.6. The number of aromatic nitrogens is 1. The molecule has 0 unspecified atom stereocenters. The first-order chi connectivity index (χ1) is 15.7. The third-order valence-corrected chi connectivity index (χ3v) is 6.46. The monoisotopic (exact) mass is 440 g/mol. The van der Waals surface area contributed by atoms with Gasteiger partial charge in [-0.15, -0.1) is 0 Å². The van der Waals surface area contributed by atoms with E-state index in [2.05, 4.69) is 33.1 Å². The summed E-state index contributed by atoms with van der Waals surface area (Å²) in [5, 5.41) is 12.6. The molecule has 9 heteroatoms. The molecule has 0 radical (unpaired) electrons. The molecular weight excluding hydrogens is 408 g/mol. The molecule has 0 aromatic carbocycles. The SMILES string of the molecule is CCN1CCN(CCCNC(=O)C2CCN(c3oc(-c4ccco4)nc3C#N)CC2)CC1. The highest BCUT2D eigenvalue weighted by Gasteiger charge is 2.29. The molecule has 0 bridgehead atoms. The van der Waals surface area contributed by atoms with Crippen LogP contribution in [0.5, 0.6) is 0 Å². The molecule has 0 atom stereocenters. The van der Waals surface area contributed by atoms with E-state index in [1.54, 1.807) is 18.4 Å². The Morgan fingerprint density at radius 2 is 1.97 bits per heavy atom. The van der Waals surface area contributed by atoms with Crippen LogP contribution in [0.15, 0.2) is 27.2 Å². The highest BCUT2D eigenvalue weighted by Crippen LogP contribution is 2.31. The first-order valence-corrected chi connectivity index (χ1v) is 11.6. The van der Waals surface area contributed by atoms with E-state index in [-0.39, 0.29) is 17.5 Å². The summed E-state index contributed by atoms with van der Waals surface area (Å²) in [5.74, 6) is 1.39. The Labute approximate surface area is 189 Å². The van der Waals surface area contributed by atoms with Crippen LogP contribution in [0, 0.1) is 17.2 Å². The van der Waals surface area contributed by atoms with Crippen molar-refractivity contribution in [3.8, 4) is 17.7 Å². The summed E-state index contributed by atoms with van der Waals surface area (Å²) in [4.78, 5) is 23.8. The van der Waals surface area contributed by atoms with Gasteiger partial charge in [-0.25, -0.2) is 0 Å². The number of anilines is 1. The molecule has 0 saturated carbocycles. The molecule has 2 aliphatic heterocycles. The fraction of sp³-hybridized carbons (Fsp3) is 0.609. The van der Waals surface area contributed by atoms with Gasteiger partial charge in [0, 0.05) is 51.7 Å². The predicted octanol–water partition coefficient (Wildman–Crippen LogP) is 2.17. The number of furan rings is 1. The lowest BCUT2D eigenvalue weighted by molar-refractivity contribution is -0.125. The Morgan fingerprint density at radius 1 is 1.22 bits per heavy atom. The lowest BCUT2D eigenvalue weighted by Gasteiger charge is -2.34. The molecule has 4 heterocycles. The lowest BCUT2D eigenvalue weighted by Crippen LogP contribution is -2.46. The quantitative estimate of drug-likeness (QED) is 0.623. The van der Waals surface area contributed by atoms with Gasteiger partial charge in [0.2, 0.25) is 17.5 Å². The largest absolute Gasteiger partial charge is 0.459 e. The van der Waals surface area contributed by atoms with Gasteiger partial charge in [0.25, 0.3) is 5.89 Å². The lowest BCUT2D eigenvalue weighted by atomic mass is 9.96. The maximum atomic E-state index is 12.6. The van der Waals surface area contributed by atoms with E-state index < -0.39 is 0 Å². The second kappa shape index (κ2) is 10.7. The number of oxazole rings is 1. The number of hydrogen-bond acceptors (Lipinski definition) is 8. The van der Waals surface area contributed by atoms with Gasteiger partial charge >= 0.3 is 0 Å². The molecule has 1 amide bonds. The number of rotatable bonds is 8. The maximum Gasteiger partial charge on any atom is 0.266 e. The number of piperazine rings is 1. The average Bonchev–Trinajstić information content (AvgIpc) is 3.52. The summed E-state index contributed by atoms with van der Waals surface area (Å²) in [7, 11) is 0. The summed E-state index contributed by atoms with van der Waals surface area (Å²) >= 11 is 0. The Morgan fingerprint density at radius 3 is 2.62 bits per heavy atom. The number of nitrogens with one attached hydrogen (secondary N) is 1. The number of piperidine rings is 1. The van der Waals surface area contributed by atoms with Crippen molar-refractivity contribution in [1.82, 2.24) is 20.1 Å². The van der Waals surface area contributed by atoms with Gasteiger partial charge in [0.05, 0.1) is 6.26 Å². The molecule has 0 spiro atoms. The van der Waals surface area contributed by atoms with E-state index in [1.807, 2.05) is 4.90 Å². The minimum Gasteiger partial charge on any atom is -0.459 e. The summed E-state index contributed by atoms with van der Waals surface area (Å²) < 4.78 is 11.1. The van der Waals surface area contributed by atoms with Crippen molar-refractivity contribution in [2.75, 3.05) is 63.8 Å². The number of nitriles is 1. The fourth-order valence-corrected chi connectivity index (χ4v) is 4.44. The van der Waals surface area contributed by atoms with Crippen molar-refractivity contribution >= 4 is 11.8 Å². The van der Waals surface area contributed by atoms with Gasteiger partial charge in [-0.05, 0) is 44.5 Å². The second-order valence-corrected chi connectivity index (χ2v) is 8.44. The van der Waals surface area contributed by atoms with Gasteiger partial charge in [-0.1, -0.05) is 6.92 Å². The van der Waals surface area contributed by atoms with Crippen LogP contribution in [-0.4, -0.2) is 79.6 Å². The number of likely N-dealkylation sites (N-methyl/N-ethyl adjacent to an activating group) is 1. The smallest absolute Gasteiger partial charge is 0.266 e. The highest BCUT2D eigenvalue weighted by molar-refractivity contribution is 5.79. The van der Waals surface area contributed by atoms with Crippen LogP contribution < -0.4 is 10.2 Å². The molecule has 4 rings (SSSR count). The summed E-state index contributed by atoms with van der Waals surface area (Å²) in [5.41, 5.74) is 0.249. The number of carbonyl (C=O) groups excluding carboxylic acids is 1. The van der Waals surface area contributed by atoms with Crippen molar-refractivity contribution < 1.29 is 13.6 Å². The third kappa shape index (κ3) is 5.31. The van der Waals surface area contributed by atoms with Crippen LogP contribution >= 0.6 is 0 Å². The Balaban J connectivity index is 1.19. The van der Waals surface area contributed by atoms with Gasteiger partial charge in [-0.3, -0.25) is 4.79 Å². The standard InChI is InChI=1S/C23H32N6O3/c1-2-27-12-14-28(15-13-27)9-4-8-25-21(30)18-6-10-29(11-7-18)23-19(17-24)26-22(32-23)20-5-3-16-31-20/h3,5,16,18H,2,4,6-15H2,1H3,(H,25,30). The number of nitrogens with zero attached hydrogens (tertiary/aromatic N) is 5. The van der Waals surface area contributed by atoms with E-state index in [1.165, 1.54) is 0 Å². The summed E-state index contributed by atoms with van der Waals surface area (Å²) in [6.45, 7) is 10.9. The van der Waals surface area contributed by atoms with Crippen molar-refractivity contribution in [3.63, 3.8) is 0 Å². The van der Waals surface area contributed by atoms with Crippen LogP contribution in [0.25, 0.3) is 11.7 Å². The van der Waals surface area contributed by atoms with Gasteiger partial charge < -0.3 is 28.9 Å². The molecule has 2 aliphatic rings. The van der Waals surface area contributed by atoms with Crippen molar-refractivity contribution in [1.29, 1.82) is 5.26 Å². The zero-order valence-corrected chi connectivity index (χ0v) is 18.8. The Hall–Kier alpha value is -2.83. The van der Waals surface area contributed by atoms with Crippen molar-refractivity contribution in [2.24, 2.45) is 5.92 Å². The van der Waals surface area contributed by atoms with Gasteiger partial charge in [0.15, 0.2) is 5.76 Å². The molecule has 9 nitrogen and oxygen atoms in total. The van der Waals surface area contributed by atoms with E-state index in [0.717, 1.165) is 65.1 Å².